The molecular weight excluding hydrogens is 174 g/mol. The molecule has 0 aliphatic heterocycles. The van der Waals surface area contributed by atoms with Crippen molar-refractivity contribution >= 4 is 17.7 Å². The standard InChI is InChI=1S/C8H17NO2S/c1-6(4-8(10)11)3-7(9)5-12-2/h6-7H,3-5,9H2,1-2H3,(H,10,11)/t6-,7-/m0/s1. The number of thioether (sulfide) groups is 1. The number of rotatable bonds is 6. The van der Waals surface area contributed by atoms with Crippen molar-refractivity contribution in [3.8, 4) is 0 Å². The number of hydrogen-bond acceptors (Lipinski definition) is 3. The molecule has 0 saturated carbocycles. The average Bonchev–Trinajstić information content (AvgIpc) is 1.84. The van der Waals surface area contributed by atoms with E-state index in [1.807, 2.05) is 13.2 Å². The van der Waals surface area contributed by atoms with Gasteiger partial charge in [0.05, 0.1) is 0 Å². The van der Waals surface area contributed by atoms with Crippen LogP contribution in [0, 0.1) is 5.92 Å². The Morgan fingerprint density at radius 3 is 2.67 bits per heavy atom. The van der Waals surface area contributed by atoms with Gasteiger partial charge in [0, 0.05) is 18.2 Å². The third-order valence-electron chi connectivity index (χ3n) is 1.61. The van der Waals surface area contributed by atoms with Crippen LogP contribution in [0.15, 0.2) is 0 Å². The Balaban J connectivity index is 3.53. The molecule has 0 fully saturated rings. The Labute approximate surface area is 77.7 Å². The molecule has 0 aliphatic rings. The normalized spacial score (nSPS) is 15.6. The van der Waals surface area contributed by atoms with Crippen molar-refractivity contribution in [2.75, 3.05) is 12.0 Å². The third kappa shape index (κ3) is 6.49. The van der Waals surface area contributed by atoms with E-state index >= 15 is 0 Å². The summed E-state index contributed by atoms with van der Waals surface area (Å²) >= 11 is 1.70. The van der Waals surface area contributed by atoms with Crippen LogP contribution < -0.4 is 5.73 Å². The Bertz CT molecular complexity index is 141. The second kappa shape index (κ2) is 6.31. The van der Waals surface area contributed by atoms with E-state index in [-0.39, 0.29) is 18.4 Å². The van der Waals surface area contributed by atoms with Crippen LogP contribution in [0.25, 0.3) is 0 Å². The highest BCUT2D eigenvalue weighted by Gasteiger charge is 2.11. The van der Waals surface area contributed by atoms with Gasteiger partial charge < -0.3 is 10.8 Å². The molecule has 0 aliphatic carbocycles. The fourth-order valence-electron chi connectivity index (χ4n) is 1.18. The first kappa shape index (κ1) is 11.8. The summed E-state index contributed by atoms with van der Waals surface area (Å²) in [5.41, 5.74) is 5.75. The van der Waals surface area contributed by atoms with Crippen LogP contribution in [0.5, 0.6) is 0 Å². The zero-order chi connectivity index (χ0) is 9.56. The molecule has 0 spiro atoms. The van der Waals surface area contributed by atoms with Gasteiger partial charge in [0.1, 0.15) is 0 Å². The average molecular weight is 191 g/mol. The first-order valence-electron chi connectivity index (χ1n) is 4.02. The first-order valence-corrected chi connectivity index (χ1v) is 5.42. The lowest BCUT2D eigenvalue weighted by Crippen LogP contribution is -2.26. The van der Waals surface area contributed by atoms with Crippen molar-refractivity contribution in [1.29, 1.82) is 0 Å². The minimum absolute atomic E-state index is 0.134. The summed E-state index contributed by atoms with van der Waals surface area (Å²) in [5.74, 6) is 0.354. The molecule has 0 bridgehead atoms. The van der Waals surface area contributed by atoms with E-state index in [0.29, 0.717) is 0 Å². The molecule has 0 amide bonds. The number of aliphatic carboxylic acids is 1. The summed E-state index contributed by atoms with van der Waals surface area (Å²) in [7, 11) is 0. The number of nitrogens with two attached hydrogens (primary N) is 1. The van der Waals surface area contributed by atoms with Crippen molar-refractivity contribution < 1.29 is 9.90 Å². The maximum absolute atomic E-state index is 10.3. The summed E-state index contributed by atoms with van der Waals surface area (Å²) in [6.45, 7) is 1.92. The Kier molecular flexibility index (Phi) is 6.20. The van der Waals surface area contributed by atoms with Gasteiger partial charge in [-0.15, -0.1) is 0 Å². The van der Waals surface area contributed by atoms with Gasteiger partial charge in [0.25, 0.3) is 0 Å². The maximum atomic E-state index is 10.3. The molecule has 3 N–H and O–H groups in total. The summed E-state index contributed by atoms with van der Waals surface area (Å²) in [6.07, 6.45) is 3.02. The van der Waals surface area contributed by atoms with Gasteiger partial charge in [-0.25, -0.2) is 0 Å². The minimum Gasteiger partial charge on any atom is -0.481 e. The van der Waals surface area contributed by atoms with Crippen LogP contribution in [-0.4, -0.2) is 29.1 Å². The van der Waals surface area contributed by atoms with Crippen LogP contribution in [-0.2, 0) is 4.79 Å². The van der Waals surface area contributed by atoms with Crippen LogP contribution in [0.3, 0.4) is 0 Å². The van der Waals surface area contributed by atoms with Crippen molar-refractivity contribution in [1.82, 2.24) is 0 Å². The second-order valence-corrected chi connectivity index (χ2v) is 4.06. The monoisotopic (exact) mass is 191 g/mol. The summed E-state index contributed by atoms with van der Waals surface area (Å²) < 4.78 is 0. The van der Waals surface area contributed by atoms with Crippen LogP contribution >= 0.6 is 11.8 Å². The predicted molar refractivity (Wildman–Crippen MR) is 52.4 cm³/mol. The third-order valence-corrected chi connectivity index (χ3v) is 2.37. The molecule has 0 aromatic heterocycles. The van der Waals surface area contributed by atoms with E-state index in [1.165, 1.54) is 0 Å². The highest BCUT2D eigenvalue weighted by Crippen LogP contribution is 2.11. The van der Waals surface area contributed by atoms with E-state index in [4.69, 9.17) is 10.8 Å². The van der Waals surface area contributed by atoms with E-state index < -0.39 is 5.97 Å². The molecule has 12 heavy (non-hydrogen) atoms. The number of carbonyl (C=O) groups is 1. The summed E-state index contributed by atoms with van der Waals surface area (Å²) in [4.78, 5) is 10.3. The van der Waals surface area contributed by atoms with Crippen LogP contribution in [0.4, 0.5) is 0 Å². The van der Waals surface area contributed by atoms with E-state index in [1.54, 1.807) is 11.8 Å². The molecule has 0 unspecified atom stereocenters. The minimum atomic E-state index is -0.737. The Hall–Kier alpha value is -0.220. The predicted octanol–water partition coefficient (Wildman–Crippen LogP) is 1.18. The van der Waals surface area contributed by atoms with Gasteiger partial charge in [-0.05, 0) is 18.6 Å². The van der Waals surface area contributed by atoms with E-state index in [9.17, 15) is 4.79 Å². The molecule has 0 aromatic rings. The van der Waals surface area contributed by atoms with Gasteiger partial charge in [-0.2, -0.15) is 11.8 Å². The fraction of sp³-hybridized carbons (Fsp3) is 0.875. The number of hydrogen-bond donors (Lipinski definition) is 2. The smallest absolute Gasteiger partial charge is 0.303 e. The molecule has 0 radical (unpaired) electrons. The van der Waals surface area contributed by atoms with Crippen molar-refractivity contribution in [2.45, 2.75) is 25.8 Å². The van der Waals surface area contributed by atoms with Crippen LogP contribution in [0.1, 0.15) is 19.8 Å². The Morgan fingerprint density at radius 2 is 2.25 bits per heavy atom. The SMILES string of the molecule is CSC[C@@H](N)C[C@H](C)CC(=O)O. The molecule has 0 rings (SSSR count). The molecule has 4 heteroatoms. The quantitative estimate of drug-likeness (QED) is 0.661. The highest BCUT2D eigenvalue weighted by atomic mass is 32.2. The molecule has 72 valence electrons. The maximum Gasteiger partial charge on any atom is 0.303 e. The van der Waals surface area contributed by atoms with E-state index in [2.05, 4.69) is 0 Å². The van der Waals surface area contributed by atoms with Gasteiger partial charge in [-0.3, -0.25) is 4.79 Å². The lowest BCUT2D eigenvalue weighted by atomic mass is 10.00. The van der Waals surface area contributed by atoms with E-state index in [0.717, 1.165) is 12.2 Å². The largest absolute Gasteiger partial charge is 0.481 e. The summed E-state index contributed by atoms with van der Waals surface area (Å²) in [6, 6.07) is 0.134. The molecule has 0 aromatic carbocycles. The second-order valence-electron chi connectivity index (χ2n) is 3.15. The Morgan fingerprint density at radius 1 is 1.67 bits per heavy atom. The lowest BCUT2D eigenvalue weighted by molar-refractivity contribution is -0.138. The molecule has 0 saturated heterocycles. The lowest BCUT2D eigenvalue weighted by Gasteiger charge is -2.14. The molecule has 2 atom stereocenters. The fourth-order valence-corrected chi connectivity index (χ4v) is 1.74. The first-order chi connectivity index (χ1) is 5.56. The van der Waals surface area contributed by atoms with Crippen molar-refractivity contribution in [3.05, 3.63) is 0 Å². The van der Waals surface area contributed by atoms with Gasteiger partial charge in [0.2, 0.25) is 0 Å². The van der Waals surface area contributed by atoms with Gasteiger partial charge in [0.15, 0.2) is 0 Å². The summed E-state index contributed by atoms with van der Waals surface area (Å²) in [5, 5.41) is 8.48. The number of carboxylic acids is 1. The molecular formula is C8H17NO2S. The zero-order valence-corrected chi connectivity index (χ0v) is 8.43. The molecule has 3 nitrogen and oxygen atoms in total. The molecule has 0 heterocycles. The van der Waals surface area contributed by atoms with Gasteiger partial charge >= 0.3 is 5.97 Å². The zero-order valence-electron chi connectivity index (χ0n) is 7.62. The van der Waals surface area contributed by atoms with Gasteiger partial charge in [-0.1, -0.05) is 6.92 Å². The van der Waals surface area contributed by atoms with Crippen molar-refractivity contribution in [2.24, 2.45) is 11.7 Å². The van der Waals surface area contributed by atoms with Crippen molar-refractivity contribution in [3.63, 3.8) is 0 Å². The topological polar surface area (TPSA) is 63.3 Å². The number of carboxylic acid groups (broad SMARTS) is 1. The highest BCUT2D eigenvalue weighted by molar-refractivity contribution is 7.98. The van der Waals surface area contributed by atoms with Crippen LogP contribution in [0.2, 0.25) is 0 Å².